The largest absolute Gasteiger partial charge is 0.396 e. The standard InChI is InChI=1S/C20H36O2/c1-16-7-5-9-18(15-21)10-6-8-17(2)12-14-19(13-11-16)20(3,4)22/h7,12,18-19,21-22H,5-6,8-11,13-15H2,1-4H3/b16-7-,17-12-/t18-,19-/m1/s1. The predicted octanol–water partition coefficient (Wildman–Crippen LogP) is 5.01. The zero-order valence-corrected chi connectivity index (χ0v) is 15.1. The molecule has 0 heterocycles. The smallest absolute Gasteiger partial charge is 0.0622 e. The number of rotatable bonds is 2. The van der Waals surface area contributed by atoms with Crippen LogP contribution in [0.25, 0.3) is 0 Å². The fourth-order valence-electron chi connectivity index (χ4n) is 3.27. The highest BCUT2D eigenvalue weighted by Gasteiger charge is 2.25. The van der Waals surface area contributed by atoms with Crippen LogP contribution >= 0.6 is 0 Å². The van der Waals surface area contributed by atoms with Crippen molar-refractivity contribution in [3.63, 3.8) is 0 Å². The zero-order chi connectivity index (χ0) is 16.6. The molecule has 0 aromatic carbocycles. The minimum Gasteiger partial charge on any atom is -0.396 e. The van der Waals surface area contributed by atoms with E-state index in [1.165, 1.54) is 11.1 Å². The minimum atomic E-state index is -0.615. The summed E-state index contributed by atoms with van der Waals surface area (Å²) in [6.07, 6.45) is 13.3. The molecule has 0 unspecified atom stereocenters. The van der Waals surface area contributed by atoms with Crippen LogP contribution in [0, 0.1) is 11.8 Å². The molecule has 128 valence electrons. The van der Waals surface area contributed by atoms with E-state index >= 15 is 0 Å². The monoisotopic (exact) mass is 308 g/mol. The van der Waals surface area contributed by atoms with Crippen LogP contribution in [0.5, 0.6) is 0 Å². The summed E-state index contributed by atoms with van der Waals surface area (Å²) in [4.78, 5) is 0. The fraction of sp³-hybridized carbons (Fsp3) is 0.800. The molecule has 2 nitrogen and oxygen atoms in total. The Hall–Kier alpha value is -0.600. The summed E-state index contributed by atoms with van der Waals surface area (Å²) in [7, 11) is 0. The van der Waals surface area contributed by atoms with Gasteiger partial charge in [0.25, 0.3) is 0 Å². The third kappa shape index (κ3) is 7.60. The lowest BCUT2D eigenvalue weighted by atomic mass is 9.82. The number of allylic oxidation sites excluding steroid dienone is 4. The van der Waals surface area contributed by atoms with E-state index in [4.69, 9.17) is 0 Å². The average molecular weight is 309 g/mol. The maximum absolute atomic E-state index is 10.4. The second-order valence-corrected chi connectivity index (χ2v) is 7.74. The van der Waals surface area contributed by atoms with Gasteiger partial charge in [-0.15, -0.1) is 0 Å². The third-order valence-corrected chi connectivity index (χ3v) is 5.15. The molecule has 0 aromatic heterocycles. The highest BCUT2D eigenvalue weighted by Crippen LogP contribution is 2.29. The first kappa shape index (κ1) is 19.4. The predicted molar refractivity (Wildman–Crippen MR) is 94.8 cm³/mol. The highest BCUT2D eigenvalue weighted by molar-refractivity contribution is 5.03. The van der Waals surface area contributed by atoms with Crippen molar-refractivity contribution in [3.8, 4) is 0 Å². The molecule has 0 amide bonds. The minimum absolute atomic E-state index is 0.316. The van der Waals surface area contributed by atoms with Gasteiger partial charge in [-0.2, -0.15) is 0 Å². The Bertz CT molecular complexity index is 374. The van der Waals surface area contributed by atoms with Crippen molar-refractivity contribution < 1.29 is 10.2 Å². The van der Waals surface area contributed by atoms with Gasteiger partial charge in [0.05, 0.1) is 5.60 Å². The molecule has 0 saturated carbocycles. The quantitative estimate of drug-likeness (QED) is 0.704. The maximum Gasteiger partial charge on any atom is 0.0622 e. The van der Waals surface area contributed by atoms with Crippen LogP contribution in [0.3, 0.4) is 0 Å². The van der Waals surface area contributed by atoms with Crippen molar-refractivity contribution >= 4 is 0 Å². The SMILES string of the molecule is C/C1=C/C[C@H](C(C)(C)O)CC/C(C)=C\CC[C@@H](CO)CCC1. The van der Waals surface area contributed by atoms with Gasteiger partial charge in [0.15, 0.2) is 0 Å². The van der Waals surface area contributed by atoms with Gasteiger partial charge in [0, 0.05) is 6.61 Å². The number of hydrogen-bond donors (Lipinski definition) is 2. The summed E-state index contributed by atoms with van der Waals surface area (Å²) >= 11 is 0. The average Bonchev–Trinajstić information content (AvgIpc) is 2.43. The van der Waals surface area contributed by atoms with E-state index in [0.717, 1.165) is 51.4 Å². The Morgan fingerprint density at radius 2 is 1.73 bits per heavy atom. The molecule has 0 saturated heterocycles. The van der Waals surface area contributed by atoms with Gasteiger partial charge in [-0.05, 0) is 90.9 Å². The first-order valence-electron chi connectivity index (χ1n) is 8.97. The Morgan fingerprint density at radius 3 is 2.36 bits per heavy atom. The van der Waals surface area contributed by atoms with Gasteiger partial charge in [0.2, 0.25) is 0 Å². The number of aliphatic hydroxyl groups excluding tert-OH is 1. The zero-order valence-electron chi connectivity index (χ0n) is 15.1. The molecule has 2 atom stereocenters. The van der Waals surface area contributed by atoms with E-state index < -0.39 is 5.60 Å². The lowest BCUT2D eigenvalue weighted by Gasteiger charge is -2.29. The molecule has 0 aromatic rings. The van der Waals surface area contributed by atoms with Crippen LogP contribution in [0.1, 0.15) is 79.1 Å². The van der Waals surface area contributed by atoms with Crippen molar-refractivity contribution in [1.82, 2.24) is 0 Å². The molecule has 0 bridgehead atoms. The van der Waals surface area contributed by atoms with Crippen LogP contribution in [0.15, 0.2) is 23.3 Å². The van der Waals surface area contributed by atoms with Crippen molar-refractivity contribution in [2.45, 2.75) is 84.7 Å². The van der Waals surface area contributed by atoms with E-state index in [-0.39, 0.29) is 0 Å². The maximum atomic E-state index is 10.4. The number of aliphatic hydroxyl groups is 2. The second-order valence-electron chi connectivity index (χ2n) is 7.74. The third-order valence-electron chi connectivity index (χ3n) is 5.15. The van der Waals surface area contributed by atoms with Gasteiger partial charge in [-0.1, -0.05) is 23.3 Å². The molecule has 0 fully saturated rings. The molecule has 0 aliphatic heterocycles. The first-order valence-corrected chi connectivity index (χ1v) is 8.97. The lowest BCUT2D eigenvalue weighted by Crippen LogP contribution is -2.30. The molecular formula is C20H36O2. The molecule has 0 spiro atoms. The van der Waals surface area contributed by atoms with Gasteiger partial charge >= 0.3 is 0 Å². The van der Waals surface area contributed by atoms with E-state index in [1.807, 2.05) is 13.8 Å². The molecule has 2 N–H and O–H groups in total. The fourth-order valence-corrected chi connectivity index (χ4v) is 3.27. The van der Waals surface area contributed by atoms with Gasteiger partial charge < -0.3 is 10.2 Å². The Labute approximate surface area is 137 Å². The second kappa shape index (κ2) is 9.52. The van der Waals surface area contributed by atoms with Crippen molar-refractivity contribution in [3.05, 3.63) is 23.3 Å². The normalized spacial score (nSPS) is 31.5. The summed E-state index contributed by atoms with van der Waals surface area (Å²) in [6.45, 7) is 8.59. The molecule has 1 aliphatic rings. The van der Waals surface area contributed by atoms with Crippen molar-refractivity contribution in [1.29, 1.82) is 0 Å². The van der Waals surface area contributed by atoms with E-state index in [1.54, 1.807) is 0 Å². The Morgan fingerprint density at radius 1 is 1.05 bits per heavy atom. The molecule has 1 aliphatic carbocycles. The first-order chi connectivity index (χ1) is 10.3. The van der Waals surface area contributed by atoms with Gasteiger partial charge in [-0.3, -0.25) is 0 Å². The van der Waals surface area contributed by atoms with Crippen molar-refractivity contribution in [2.75, 3.05) is 6.61 Å². The Balaban J connectivity index is 2.77. The van der Waals surface area contributed by atoms with Gasteiger partial charge in [0.1, 0.15) is 0 Å². The van der Waals surface area contributed by atoms with E-state index in [0.29, 0.717) is 18.4 Å². The van der Waals surface area contributed by atoms with Gasteiger partial charge in [-0.25, -0.2) is 0 Å². The van der Waals surface area contributed by atoms with E-state index in [9.17, 15) is 10.2 Å². The number of hydrogen-bond acceptors (Lipinski definition) is 2. The molecule has 1 rings (SSSR count). The summed E-state index contributed by atoms with van der Waals surface area (Å²) in [5.41, 5.74) is 2.23. The van der Waals surface area contributed by atoms with Crippen molar-refractivity contribution in [2.24, 2.45) is 11.8 Å². The molecule has 22 heavy (non-hydrogen) atoms. The van der Waals surface area contributed by atoms with Crippen LogP contribution < -0.4 is 0 Å². The Kier molecular flexibility index (Phi) is 8.41. The van der Waals surface area contributed by atoms with Crippen LogP contribution in [-0.4, -0.2) is 22.4 Å². The summed E-state index contributed by atoms with van der Waals surface area (Å²) < 4.78 is 0. The highest BCUT2D eigenvalue weighted by atomic mass is 16.3. The van der Waals surface area contributed by atoms with E-state index in [2.05, 4.69) is 26.0 Å². The lowest BCUT2D eigenvalue weighted by molar-refractivity contribution is 0.0145. The molecular weight excluding hydrogens is 272 g/mol. The van der Waals surface area contributed by atoms with Crippen LogP contribution in [0.2, 0.25) is 0 Å². The summed E-state index contributed by atoms with van der Waals surface area (Å²) in [5.74, 6) is 0.767. The topological polar surface area (TPSA) is 40.5 Å². The van der Waals surface area contributed by atoms with Crippen LogP contribution in [-0.2, 0) is 0 Å². The molecule has 0 radical (unpaired) electrons. The summed E-state index contributed by atoms with van der Waals surface area (Å²) in [5, 5.41) is 19.9. The van der Waals surface area contributed by atoms with Crippen LogP contribution in [0.4, 0.5) is 0 Å². The molecule has 2 heteroatoms. The summed E-state index contributed by atoms with van der Waals surface area (Å²) in [6, 6.07) is 0.